The number of benzene rings is 1. The van der Waals surface area contributed by atoms with Gasteiger partial charge >= 0.3 is 0 Å². The second-order valence-corrected chi connectivity index (χ2v) is 4.34. The van der Waals surface area contributed by atoms with Crippen molar-refractivity contribution in [2.45, 2.75) is 20.0 Å². The van der Waals surface area contributed by atoms with Gasteiger partial charge in [0, 0.05) is 30.0 Å². The number of nitro groups is 1. The molecule has 0 aliphatic rings. The molecule has 1 aromatic carbocycles. The molecule has 0 saturated heterocycles. The summed E-state index contributed by atoms with van der Waals surface area (Å²) >= 11 is 5.76. The number of imidazole rings is 1. The van der Waals surface area contributed by atoms with Crippen LogP contribution in [0.15, 0.2) is 30.6 Å². The molecule has 19 heavy (non-hydrogen) atoms. The van der Waals surface area contributed by atoms with E-state index >= 15 is 0 Å². The topological polar surface area (TPSA) is 73.0 Å². The van der Waals surface area contributed by atoms with E-state index in [9.17, 15) is 10.1 Å². The van der Waals surface area contributed by atoms with E-state index in [2.05, 4.69) is 10.3 Å². The second kappa shape index (κ2) is 5.71. The first-order chi connectivity index (χ1) is 9.11. The van der Waals surface area contributed by atoms with Gasteiger partial charge in [-0.15, -0.1) is 0 Å². The minimum atomic E-state index is -0.458. The van der Waals surface area contributed by atoms with Crippen molar-refractivity contribution in [3.8, 4) is 0 Å². The van der Waals surface area contributed by atoms with Crippen molar-refractivity contribution in [2.24, 2.45) is 0 Å². The number of halogens is 1. The SMILES string of the molecule is CCn1ccnc1CNc1ccc(Cl)cc1[N+](=O)[O-]. The van der Waals surface area contributed by atoms with Crippen LogP contribution in [0.5, 0.6) is 0 Å². The Balaban J connectivity index is 2.18. The predicted molar refractivity (Wildman–Crippen MR) is 73.3 cm³/mol. The van der Waals surface area contributed by atoms with Gasteiger partial charge in [0.2, 0.25) is 0 Å². The molecule has 0 bridgehead atoms. The summed E-state index contributed by atoms with van der Waals surface area (Å²) in [5.74, 6) is 0.826. The molecule has 2 rings (SSSR count). The van der Waals surface area contributed by atoms with E-state index in [1.54, 1.807) is 18.3 Å². The van der Waals surface area contributed by atoms with E-state index in [1.807, 2.05) is 17.7 Å². The summed E-state index contributed by atoms with van der Waals surface area (Å²) in [6.07, 6.45) is 3.57. The zero-order valence-electron chi connectivity index (χ0n) is 10.3. The summed E-state index contributed by atoms with van der Waals surface area (Å²) < 4.78 is 1.97. The molecule has 0 aliphatic carbocycles. The van der Waals surface area contributed by atoms with Gasteiger partial charge < -0.3 is 9.88 Å². The summed E-state index contributed by atoms with van der Waals surface area (Å²) in [7, 11) is 0. The summed E-state index contributed by atoms with van der Waals surface area (Å²) in [6.45, 7) is 3.24. The third-order valence-electron chi connectivity index (χ3n) is 2.74. The fourth-order valence-electron chi connectivity index (χ4n) is 1.77. The quantitative estimate of drug-likeness (QED) is 0.675. The molecule has 0 amide bonds. The first kappa shape index (κ1) is 13.4. The van der Waals surface area contributed by atoms with E-state index in [0.29, 0.717) is 17.3 Å². The minimum Gasteiger partial charge on any atom is -0.372 e. The van der Waals surface area contributed by atoms with Crippen molar-refractivity contribution < 1.29 is 4.92 Å². The lowest BCUT2D eigenvalue weighted by atomic mass is 10.2. The molecule has 0 spiro atoms. The normalized spacial score (nSPS) is 10.4. The van der Waals surface area contributed by atoms with E-state index in [0.717, 1.165) is 12.4 Å². The molecule has 0 fully saturated rings. The Kier molecular flexibility index (Phi) is 4.01. The highest BCUT2D eigenvalue weighted by molar-refractivity contribution is 6.30. The zero-order chi connectivity index (χ0) is 13.8. The van der Waals surface area contributed by atoms with Gasteiger partial charge in [0.05, 0.1) is 11.5 Å². The zero-order valence-corrected chi connectivity index (χ0v) is 11.1. The minimum absolute atomic E-state index is 0.0397. The highest BCUT2D eigenvalue weighted by Crippen LogP contribution is 2.27. The number of nitrogens with one attached hydrogen (secondary N) is 1. The standard InChI is InChI=1S/C12H13ClN4O2/c1-2-16-6-5-14-12(16)8-15-10-4-3-9(13)7-11(10)17(18)19/h3-7,15H,2,8H2,1H3. The van der Waals surface area contributed by atoms with E-state index in [1.165, 1.54) is 6.07 Å². The number of aryl methyl sites for hydroxylation is 1. The molecule has 0 aliphatic heterocycles. The van der Waals surface area contributed by atoms with Crippen molar-refractivity contribution >= 4 is 23.0 Å². The van der Waals surface area contributed by atoms with Gasteiger partial charge in [-0.05, 0) is 19.1 Å². The van der Waals surface area contributed by atoms with Gasteiger partial charge in [-0.2, -0.15) is 0 Å². The van der Waals surface area contributed by atoms with Crippen LogP contribution in [0.1, 0.15) is 12.7 Å². The van der Waals surface area contributed by atoms with Crippen LogP contribution < -0.4 is 5.32 Å². The number of rotatable bonds is 5. The summed E-state index contributed by atoms with van der Waals surface area (Å²) in [4.78, 5) is 14.7. The predicted octanol–water partition coefficient (Wildman–Crippen LogP) is 3.08. The van der Waals surface area contributed by atoms with Crippen molar-refractivity contribution in [3.63, 3.8) is 0 Å². The Morgan fingerprint density at radius 1 is 1.53 bits per heavy atom. The maximum absolute atomic E-state index is 10.9. The molecule has 6 nitrogen and oxygen atoms in total. The lowest BCUT2D eigenvalue weighted by Gasteiger charge is -2.08. The van der Waals surface area contributed by atoms with Gasteiger partial charge in [0.1, 0.15) is 11.5 Å². The number of hydrogen-bond donors (Lipinski definition) is 1. The Morgan fingerprint density at radius 3 is 3.00 bits per heavy atom. The van der Waals surface area contributed by atoms with Gasteiger partial charge in [0.15, 0.2) is 0 Å². The highest BCUT2D eigenvalue weighted by atomic mass is 35.5. The molecular weight excluding hydrogens is 268 g/mol. The fraction of sp³-hybridized carbons (Fsp3) is 0.250. The van der Waals surface area contributed by atoms with Crippen LogP contribution in [0.25, 0.3) is 0 Å². The van der Waals surface area contributed by atoms with Gasteiger partial charge in [-0.25, -0.2) is 4.98 Å². The van der Waals surface area contributed by atoms with Gasteiger partial charge in [-0.3, -0.25) is 10.1 Å². The number of anilines is 1. The van der Waals surface area contributed by atoms with Crippen LogP contribution in [0.4, 0.5) is 11.4 Å². The molecule has 100 valence electrons. The Hall–Kier alpha value is -2.08. The molecule has 0 atom stereocenters. The maximum atomic E-state index is 10.9. The van der Waals surface area contributed by atoms with Crippen molar-refractivity contribution in [1.29, 1.82) is 0 Å². The van der Waals surface area contributed by atoms with Gasteiger partial charge in [-0.1, -0.05) is 11.6 Å². The Bertz CT molecular complexity index is 597. The summed E-state index contributed by atoms with van der Waals surface area (Å²) in [6, 6.07) is 4.54. The van der Waals surface area contributed by atoms with Crippen LogP contribution in [0.3, 0.4) is 0 Å². The fourth-order valence-corrected chi connectivity index (χ4v) is 1.94. The molecule has 1 N–H and O–H groups in total. The van der Waals surface area contributed by atoms with Gasteiger partial charge in [0.25, 0.3) is 5.69 Å². The van der Waals surface area contributed by atoms with E-state index in [4.69, 9.17) is 11.6 Å². The molecule has 0 unspecified atom stereocenters. The van der Waals surface area contributed by atoms with Crippen LogP contribution in [0.2, 0.25) is 5.02 Å². The molecule has 1 aromatic heterocycles. The Labute approximate surface area is 115 Å². The van der Waals surface area contributed by atoms with Crippen LogP contribution in [0, 0.1) is 10.1 Å². The highest BCUT2D eigenvalue weighted by Gasteiger charge is 2.14. The van der Waals surface area contributed by atoms with Crippen LogP contribution in [-0.2, 0) is 13.1 Å². The number of hydrogen-bond acceptors (Lipinski definition) is 4. The van der Waals surface area contributed by atoms with E-state index in [-0.39, 0.29) is 5.69 Å². The number of nitrogens with zero attached hydrogens (tertiary/aromatic N) is 3. The second-order valence-electron chi connectivity index (χ2n) is 3.90. The lowest BCUT2D eigenvalue weighted by molar-refractivity contribution is -0.383. The molecule has 0 saturated carbocycles. The van der Waals surface area contributed by atoms with E-state index < -0.39 is 4.92 Å². The van der Waals surface area contributed by atoms with Crippen LogP contribution >= 0.6 is 11.6 Å². The average Bonchev–Trinajstić information content (AvgIpc) is 2.84. The molecule has 2 aromatic rings. The molecular formula is C12H13ClN4O2. The third-order valence-corrected chi connectivity index (χ3v) is 2.97. The summed E-state index contributed by atoms with van der Waals surface area (Å²) in [5, 5.41) is 14.3. The third kappa shape index (κ3) is 3.03. The molecule has 1 heterocycles. The molecule has 0 radical (unpaired) electrons. The monoisotopic (exact) mass is 280 g/mol. The largest absolute Gasteiger partial charge is 0.372 e. The van der Waals surface area contributed by atoms with Crippen molar-refractivity contribution in [1.82, 2.24) is 9.55 Å². The van der Waals surface area contributed by atoms with Crippen molar-refractivity contribution in [2.75, 3.05) is 5.32 Å². The summed E-state index contributed by atoms with van der Waals surface area (Å²) in [5.41, 5.74) is 0.391. The maximum Gasteiger partial charge on any atom is 0.293 e. The average molecular weight is 281 g/mol. The molecule has 7 heteroatoms. The number of aromatic nitrogens is 2. The lowest BCUT2D eigenvalue weighted by Crippen LogP contribution is -2.08. The Morgan fingerprint density at radius 2 is 2.32 bits per heavy atom. The van der Waals surface area contributed by atoms with Crippen LogP contribution in [-0.4, -0.2) is 14.5 Å². The van der Waals surface area contributed by atoms with Crippen molar-refractivity contribution in [3.05, 3.63) is 51.6 Å². The number of nitro benzene ring substituents is 1. The first-order valence-corrected chi connectivity index (χ1v) is 6.17. The first-order valence-electron chi connectivity index (χ1n) is 5.79. The smallest absolute Gasteiger partial charge is 0.293 e.